The van der Waals surface area contributed by atoms with E-state index in [0.717, 1.165) is 55.9 Å². The third-order valence-electron chi connectivity index (χ3n) is 6.08. The van der Waals surface area contributed by atoms with Gasteiger partial charge in [-0.15, -0.1) is 0 Å². The molecule has 3 aromatic carbocycles. The summed E-state index contributed by atoms with van der Waals surface area (Å²) in [4.78, 5) is 2.48. The molecule has 1 unspecified atom stereocenters. The summed E-state index contributed by atoms with van der Waals surface area (Å²) in [6, 6.07) is 27.0. The average Bonchev–Trinajstić information content (AvgIpc) is 2.82. The Morgan fingerprint density at radius 2 is 1.55 bits per heavy atom. The van der Waals surface area contributed by atoms with E-state index >= 15 is 0 Å². The van der Waals surface area contributed by atoms with Crippen molar-refractivity contribution in [3.8, 4) is 0 Å². The van der Waals surface area contributed by atoms with Crippen molar-refractivity contribution in [2.24, 2.45) is 0 Å². The van der Waals surface area contributed by atoms with Crippen LogP contribution in [0.1, 0.15) is 47.6 Å². The molecule has 0 fully saturated rings. The zero-order valence-corrected chi connectivity index (χ0v) is 18.6. The lowest BCUT2D eigenvalue weighted by Crippen LogP contribution is -2.29. The van der Waals surface area contributed by atoms with Crippen LogP contribution in [0.25, 0.3) is 5.57 Å². The van der Waals surface area contributed by atoms with Gasteiger partial charge in [-0.25, -0.2) is 0 Å². The summed E-state index contributed by atoms with van der Waals surface area (Å²) in [5.41, 5.74) is 6.29. The summed E-state index contributed by atoms with van der Waals surface area (Å²) in [5, 5.41) is 11.4. The predicted molar refractivity (Wildman–Crippen MR) is 130 cm³/mol. The maximum atomic E-state index is 10.6. The molecule has 160 valence electrons. The van der Waals surface area contributed by atoms with Gasteiger partial charge in [0, 0.05) is 18.1 Å². The average molecular weight is 432 g/mol. The summed E-state index contributed by atoms with van der Waals surface area (Å²) >= 11 is 5.96. The quantitative estimate of drug-likeness (QED) is 0.438. The van der Waals surface area contributed by atoms with Gasteiger partial charge in [-0.2, -0.15) is 0 Å². The summed E-state index contributed by atoms with van der Waals surface area (Å²) < 4.78 is 0. The lowest BCUT2D eigenvalue weighted by Gasteiger charge is -2.26. The molecule has 2 nitrogen and oxygen atoms in total. The molecule has 1 aliphatic rings. The van der Waals surface area contributed by atoms with Crippen molar-refractivity contribution in [1.82, 2.24) is 4.90 Å². The zero-order valence-electron chi connectivity index (χ0n) is 17.9. The molecule has 4 rings (SSSR count). The molecule has 0 spiro atoms. The van der Waals surface area contributed by atoms with Crippen molar-refractivity contribution >= 4 is 17.2 Å². The summed E-state index contributed by atoms with van der Waals surface area (Å²) in [7, 11) is 0. The van der Waals surface area contributed by atoms with Crippen LogP contribution in [0.3, 0.4) is 0 Å². The molecule has 0 saturated heterocycles. The third-order valence-corrected chi connectivity index (χ3v) is 6.33. The van der Waals surface area contributed by atoms with Crippen molar-refractivity contribution < 1.29 is 5.11 Å². The third kappa shape index (κ3) is 6.30. The van der Waals surface area contributed by atoms with Crippen LogP contribution in [0.15, 0.2) is 84.9 Å². The highest BCUT2D eigenvalue weighted by atomic mass is 35.5. The fourth-order valence-electron chi connectivity index (χ4n) is 4.20. The summed E-state index contributed by atoms with van der Waals surface area (Å²) in [5.74, 6) is 0. The molecule has 1 aliphatic heterocycles. The van der Waals surface area contributed by atoms with Crippen LogP contribution in [0, 0.1) is 0 Å². The van der Waals surface area contributed by atoms with Crippen molar-refractivity contribution in [1.29, 1.82) is 0 Å². The predicted octanol–water partition coefficient (Wildman–Crippen LogP) is 6.53. The smallest absolute Gasteiger partial charge is 0.0790 e. The molecule has 0 aromatic heterocycles. The topological polar surface area (TPSA) is 23.5 Å². The van der Waals surface area contributed by atoms with Gasteiger partial charge in [0.05, 0.1) is 6.10 Å². The van der Waals surface area contributed by atoms with Gasteiger partial charge in [0.15, 0.2) is 0 Å². The minimum absolute atomic E-state index is 0.398. The van der Waals surface area contributed by atoms with E-state index in [-0.39, 0.29) is 0 Å². The number of benzene rings is 3. The van der Waals surface area contributed by atoms with Gasteiger partial charge in [-0.3, -0.25) is 4.90 Å². The van der Waals surface area contributed by atoms with Gasteiger partial charge in [-0.1, -0.05) is 84.4 Å². The van der Waals surface area contributed by atoms with Crippen LogP contribution in [-0.4, -0.2) is 29.6 Å². The highest BCUT2D eigenvalue weighted by Crippen LogP contribution is 2.24. The molecule has 31 heavy (non-hydrogen) atoms. The van der Waals surface area contributed by atoms with E-state index in [2.05, 4.69) is 77.7 Å². The molecule has 3 aromatic rings. The van der Waals surface area contributed by atoms with Crippen LogP contribution >= 0.6 is 11.6 Å². The largest absolute Gasteiger partial charge is 0.388 e. The minimum Gasteiger partial charge on any atom is -0.388 e. The molecule has 3 heteroatoms. The second-order valence-electron chi connectivity index (χ2n) is 8.35. The Morgan fingerprint density at radius 1 is 0.871 bits per heavy atom. The first kappa shape index (κ1) is 21.8. The summed E-state index contributed by atoms with van der Waals surface area (Å²) in [6.07, 6.45) is 5.73. The standard InChI is InChI=1S/C28H30ClNO/c29-27-14-10-23(11-15-27)21-22-8-12-26(13-9-22)28(31)7-4-18-30-19-16-25(17-20-30)24-5-2-1-3-6-24/h1-3,5-6,8-16,28,31H,4,7,17-21H2. The van der Waals surface area contributed by atoms with Crippen LogP contribution in [0.4, 0.5) is 0 Å². The molecule has 1 heterocycles. The molecule has 0 bridgehead atoms. The molecular formula is C28H30ClNO. The zero-order chi connectivity index (χ0) is 21.5. The number of aliphatic hydroxyl groups is 1. The molecule has 1 atom stereocenters. The Kier molecular flexibility index (Phi) is 7.58. The van der Waals surface area contributed by atoms with E-state index in [1.54, 1.807) is 0 Å². The van der Waals surface area contributed by atoms with Crippen LogP contribution in [0.5, 0.6) is 0 Å². The van der Waals surface area contributed by atoms with Gasteiger partial charge in [0.1, 0.15) is 0 Å². The fourth-order valence-corrected chi connectivity index (χ4v) is 4.33. The van der Waals surface area contributed by atoms with E-state index < -0.39 is 6.10 Å². The van der Waals surface area contributed by atoms with Crippen molar-refractivity contribution in [2.45, 2.75) is 31.8 Å². The number of hydrogen-bond acceptors (Lipinski definition) is 2. The van der Waals surface area contributed by atoms with E-state index in [0.29, 0.717) is 0 Å². The number of nitrogens with zero attached hydrogens (tertiary/aromatic N) is 1. The van der Waals surface area contributed by atoms with Crippen molar-refractivity contribution in [3.05, 3.63) is 112 Å². The first-order chi connectivity index (χ1) is 15.2. The molecule has 0 amide bonds. The van der Waals surface area contributed by atoms with Crippen LogP contribution in [0.2, 0.25) is 5.02 Å². The molecule has 0 saturated carbocycles. The Bertz CT molecular complexity index is 980. The van der Waals surface area contributed by atoms with Crippen LogP contribution < -0.4 is 0 Å². The molecule has 1 N–H and O–H groups in total. The first-order valence-corrected chi connectivity index (χ1v) is 11.5. The van der Waals surface area contributed by atoms with Crippen LogP contribution in [-0.2, 0) is 6.42 Å². The Balaban J connectivity index is 1.21. The normalized spacial score (nSPS) is 15.5. The molecular weight excluding hydrogens is 402 g/mol. The van der Waals surface area contributed by atoms with E-state index in [4.69, 9.17) is 11.6 Å². The number of hydrogen-bond donors (Lipinski definition) is 1. The minimum atomic E-state index is -0.398. The maximum absolute atomic E-state index is 10.6. The van der Waals surface area contributed by atoms with E-state index in [1.807, 2.05) is 12.1 Å². The second kappa shape index (κ2) is 10.8. The lowest BCUT2D eigenvalue weighted by molar-refractivity contribution is 0.156. The van der Waals surface area contributed by atoms with Crippen molar-refractivity contribution in [2.75, 3.05) is 19.6 Å². The SMILES string of the molecule is OC(CCCN1CC=C(c2ccccc2)CC1)c1ccc(Cc2ccc(Cl)cc2)cc1. The van der Waals surface area contributed by atoms with Gasteiger partial charge in [-0.05, 0) is 72.2 Å². The number of halogens is 1. The first-order valence-electron chi connectivity index (χ1n) is 11.2. The highest BCUT2D eigenvalue weighted by molar-refractivity contribution is 6.30. The van der Waals surface area contributed by atoms with E-state index in [9.17, 15) is 5.11 Å². The summed E-state index contributed by atoms with van der Waals surface area (Å²) in [6.45, 7) is 3.13. The maximum Gasteiger partial charge on any atom is 0.0790 e. The number of rotatable bonds is 8. The van der Waals surface area contributed by atoms with Gasteiger partial charge >= 0.3 is 0 Å². The molecule has 0 radical (unpaired) electrons. The van der Waals surface area contributed by atoms with Gasteiger partial charge in [0.2, 0.25) is 0 Å². The Labute approximate surface area is 190 Å². The number of aliphatic hydroxyl groups excluding tert-OH is 1. The van der Waals surface area contributed by atoms with Gasteiger partial charge < -0.3 is 5.11 Å². The second-order valence-corrected chi connectivity index (χ2v) is 8.79. The van der Waals surface area contributed by atoms with Gasteiger partial charge in [0.25, 0.3) is 0 Å². The molecule has 0 aliphatic carbocycles. The monoisotopic (exact) mass is 431 g/mol. The van der Waals surface area contributed by atoms with Crippen molar-refractivity contribution in [3.63, 3.8) is 0 Å². The Hall–Kier alpha value is -2.39. The lowest BCUT2D eigenvalue weighted by atomic mass is 9.98. The Morgan fingerprint density at radius 3 is 2.19 bits per heavy atom. The van der Waals surface area contributed by atoms with E-state index in [1.165, 1.54) is 22.3 Å². The highest BCUT2D eigenvalue weighted by Gasteiger charge is 2.14. The fraction of sp³-hybridized carbons (Fsp3) is 0.286.